The number of methoxy groups -OCH3 is 2. The number of halogens is 5. The number of aliphatic imine (C=N–C) groups is 1. The van der Waals surface area contributed by atoms with Gasteiger partial charge in [-0.05, 0) is 24.3 Å². The van der Waals surface area contributed by atoms with Crippen LogP contribution in [0.4, 0.5) is 24.5 Å². The van der Waals surface area contributed by atoms with E-state index in [1.807, 2.05) is 4.90 Å². The van der Waals surface area contributed by atoms with E-state index in [0.29, 0.717) is 41.9 Å². The lowest BCUT2D eigenvalue weighted by Crippen LogP contribution is -2.28. The maximum atomic E-state index is 12.9. The first kappa shape index (κ1) is 23.2. The Hall–Kier alpha value is -2.12. The monoisotopic (exact) mass is 448 g/mol. The molecule has 0 aliphatic heterocycles. The first-order valence-electron chi connectivity index (χ1n) is 8.68. The Labute approximate surface area is 177 Å². The molecule has 0 N–H and O–H groups in total. The van der Waals surface area contributed by atoms with Crippen molar-refractivity contribution in [2.24, 2.45) is 4.99 Å². The molecule has 0 unspecified atom stereocenters. The summed E-state index contributed by atoms with van der Waals surface area (Å²) in [6.45, 7) is 1.12. The molecule has 0 saturated heterocycles. The highest BCUT2D eigenvalue weighted by atomic mass is 35.5. The molecule has 2 aromatic carbocycles. The van der Waals surface area contributed by atoms with Crippen LogP contribution >= 0.6 is 23.2 Å². The van der Waals surface area contributed by atoms with E-state index in [-0.39, 0.29) is 5.69 Å². The van der Waals surface area contributed by atoms with E-state index in [0.717, 1.165) is 17.8 Å². The van der Waals surface area contributed by atoms with Crippen LogP contribution in [0.1, 0.15) is 11.1 Å². The van der Waals surface area contributed by atoms with Crippen molar-refractivity contribution >= 4 is 40.8 Å². The van der Waals surface area contributed by atoms with Crippen molar-refractivity contribution in [3.8, 4) is 11.5 Å². The molecule has 0 bridgehead atoms. The van der Waals surface area contributed by atoms with Crippen molar-refractivity contribution in [1.82, 2.24) is 0 Å². The van der Waals surface area contributed by atoms with Crippen molar-refractivity contribution < 1.29 is 22.6 Å². The second-order valence-corrected chi connectivity index (χ2v) is 6.69. The van der Waals surface area contributed by atoms with Gasteiger partial charge in [0.15, 0.2) is 0 Å². The summed E-state index contributed by atoms with van der Waals surface area (Å²) in [5, 5.41) is 0. The van der Waals surface area contributed by atoms with Crippen molar-refractivity contribution in [2.45, 2.75) is 6.18 Å². The highest BCUT2D eigenvalue weighted by Crippen LogP contribution is 2.36. The second kappa shape index (κ2) is 10.6. The maximum Gasteiger partial charge on any atom is 0.416 e. The van der Waals surface area contributed by atoms with E-state index in [1.165, 1.54) is 32.6 Å². The molecule has 0 aromatic heterocycles. The zero-order chi connectivity index (χ0) is 21.4. The van der Waals surface area contributed by atoms with Crippen LogP contribution in [0.25, 0.3) is 0 Å². The number of alkyl halides is 5. The third kappa shape index (κ3) is 6.18. The summed E-state index contributed by atoms with van der Waals surface area (Å²) in [6.07, 6.45) is -2.99. The van der Waals surface area contributed by atoms with Crippen LogP contribution in [-0.4, -0.2) is 45.3 Å². The number of benzene rings is 2. The Balaban J connectivity index is 2.42. The number of ether oxygens (including phenoxy) is 2. The lowest BCUT2D eigenvalue weighted by Gasteiger charge is -2.26. The van der Waals surface area contributed by atoms with Gasteiger partial charge in [0.05, 0.1) is 31.2 Å². The third-order valence-electron chi connectivity index (χ3n) is 4.11. The standard InChI is InChI=1S/C20H21Cl2F3N2O2/c1-28-18-12-17(27(8-6-21)9-7-22)19(29-2)10-14(18)13-26-16-5-3-4-15(11-16)20(23,24)25/h3-5,10-13H,6-9H2,1-2H3. The van der Waals surface area contributed by atoms with Gasteiger partial charge >= 0.3 is 6.18 Å². The lowest BCUT2D eigenvalue weighted by atomic mass is 10.1. The fourth-order valence-electron chi connectivity index (χ4n) is 2.72. The highest BCUT2D eigenvalue weighted by molar-refractivity contribution is 6.18. The maximum absolute atomic E-state index is 12.9. The average molecular weight is 449 g/mol. The number of hydrogen-bond donors (Lipinski definition) is 0. The van der Waals surface area contributed by atoms with Crippen molar-refractivity contribution in [3.05, 3.63) is 47.5 Å². The van der Waals surface area contributed by atoms with Crippen molar-refractivity contribution in [2.75, 3.05) is 44.0 Å². The Morgan fingerprint density at radius 3 is 2.21 bits per heavy atom. The predicted octanol–water partition coefficient (Wildman–Crippen LogP) is 5.76. The van der Waals surface area contributed by atoms with Gasteiger partial charge in [0, 0.05) is 42.7 Å². The molecular formula is C20H21Cl2F3N2O2. The SMILES string of the molecule is COc1cc(N(CCCl)CCCl)c(OC)cc1C=Nc1cccc(C(F)(F)F)c1. The van der Waals surface area contributed by atoms with Crippen LogP contribution in [0.5, 0.6) is 11.5 Å². The zero-order valence-electron chi connectivity index (χ0n) is 16.0. The first-order chi connectivity index (χ1) is 13.8. The van der Waals surface area contributed by atoms with Gasteiger partial charge in [-0.25, -0.2) is 0 Å². The highest BCUT2D eigenvalue weighted by Gasteiger charge is 2.30. The van der Waals surface area contributed by atoms with Gasteiger partial charge < -0.3 is 14.4 Å². The van der Waals surface area contributed by atoms with Crippen molar-refractivity contribution in [3.63, 3.8) is 0 Å². The van der Waals surface area contributed by atoms with Crippen LogP contribution in [0, 0.1) is 0 Å². The number of nitrogens with zero attached hydrogens (tertiary/aromatic N) is 2. The molecule has 0 saturated carbocycles. The van der Waals surface area contributed by atoms with Gasteiger partial charge in [-0.3, -0.25) is 4.99 Å². The van der Waals surface area contributed by atoms with Crippen LogP contribution in [0.15, 0.2) is 41.4 Å². The fraction of sp³-hybridized carbons (Fsp3) is 0.350. The summed E-state index contributed by atoms with van der Waals surface area (Å²) >= 11 is 11.8. The summed E-state index contributed by atoms with van der Waals surface area (Å²) in [5.41, 5.74) is 0.727. The normalized spacial score (nSPS) is 11.7. The number of hydrogen-bond acceptors (Lipinski definition) is 4. The molecule has 0 amide bonds. The number of rotatable bonds is 9. The summed E-state index contributed by atoms with van der Waals surface area (Å²) < 4.78 is 49.6. The smallest absolute Gasteiger partial charge is 0.416 e. The summed E-state index contributed by atoms with van der Waals surface area (Å²) in [5.74, 6) is 1.85. The van der Waals surface area contributed by atoms with E-state index in [4.69, 9.17) is 32.7 Å². The summed E-state index contributed by atoms with van der Waals surface area (Å²) in [4.78, 5) is 6.13. The molecule has 0 radical (unpaired) electrons. The van der Waals surface area contributed by atoms with E-state index in [1.54, 1.807) is 12.1 Å². The number of anilines is 1. The largest absolute Gasteiger partial charge is 0.496 e. The molecule has 29 heavy (non-hydrogen) atoms. The molecule has 0 fully saturated rings. The van der Waals surface area contributed by atoms with Gasteiger partial charge in [-0.2, -0.15) is 13.2 Å². The fourth-order valence-corrected chi connectivity index (χ4v) is 3.12. The molecule has 158 valence electrons. The Morgan fingerprint density at radius 2 is 1.66 bits per heavy atom. The Kier molecular flexibility index (Phi) is 8.46. The quantitative estimate of drug-likeness (QED) is 0.361. The lowest BCUT2D eigenvalue weighted by molar-refractivity contribution is -0.137. The van der Waals surface area contributed by atoms with Gasteiger partial charge in [0.25, 0.3) is 0 Å². The van der Waals surface area contributed by atoms with Gasteiger partial charge in [-0.15, -0.1) is 23.2 Å². The summed E-state index contributed by atoms with van der Waals surface area (Å²) in [7, 11) is 3.03. The second-order valence-electron chi connectivity index (χ2n) is 5.94. The predicted molar refractivity (Wildman–Crippen MR) is 112 cm³/mol. The topological polar surface area (TPSA) is 34.1 Å². The minimum atomic E-state index is -4.43. The van der Waals surface area contributed by atoms with Crippen LogP contribution in [-0.2, 0) is 6.18 Å². The van der Waals surface area contributed by atoms with Gasteiger partial charge in [0.1, 0.15) is 11.5 Å². The van der Waals surface area contributed by atoms with Crippen LogP contribution < -0.4 is 14.4 Å². The molecule has 0 aliphatic rings. The zero-order valence-corrected chi connectivity index (χ0v) is 17.5. The molecule has 9 heteroatoms. The minimum Gasteiger partial charge on any atom is -0.496 e. The molecule has 0 heterocycles. The summed E-state index contributed by atoms with van der Waals surface area (Å²) in [6, 6.07) is 8.27. The molecule has 0 aliphatic carbocycles. The molecule has 0 atom stereocenters. The van der Waals surface area contributed by atoms with Gasteiger partial charge in [-0.1, -0.05) is 6.07 Å². The van der Waals surface area contributed by atoms with Crippen LogP contribution in [0.3, 0.4) is 0 Å². The molecule has 2 aromatic rings. The minimum absolute atomic E-state index is 0.177. The van der Waals surface area contributed by atoms with Crippen LogP contribution in [0.2, 0.25) is 0 Å². The van der Waals surface area contributed by atoms with E-state index >= 15 is 0 Å². The molecule has 0 spiro atoms. The third-order valence-corrected chi connectivity index (χ3v) is 4.45. The molecular weight excluding hydrogens is 428 g/mol. The van der Waals surface area contributed by atoms with Crippen molar-refractivity contribution in [1.29, 1.82) is 0 Å². The molecule has 4 nitrogen and oxygen atoms in total. The first-order valence-corrected chi connectivity index (χ1v) is 9.75. The Bertz CT molecular complexity index is 839. The van der Waals surface area contributed by atoms with E-state index < -0.39 is 11.7 Å². The average Bonchev–Trinajstić information content (AvgIpc) is 2.71. The van der Waals surface area contributed by atoms with Gasteiger partial charge in [0.2, 0.25) is 0 Å². The van der Waals surface area contributed by atoms with E-state index in [2.05, 4.69) is 4.99 Å². The van der Waals surface area contributed by atoms with E-state index in [9.17, 15) is 13.2 Å². The molecule has 2 rings (SSSR count). The Morgan fingerprint density at radius 1 is 1.00 bits per heavy atom.